The molecule has 0 saturated carbocycles. The Morgan fingerprint density at radius 1 is 1.38 bits per heavy atom. The van der Waals surface area contributed by atoms with Gasteiger partial charge in [0.15, 0.2) is 0 Å². The van der Waals surface area contributed by atoms with Gasteiger partial charge in [-0.05, 0) is 32.6 Å². The van der Waals surface area contributed by atoms with Crippen molar-refractivity contribution in [3.8, 4) is 0 Å². The smallest absolute Gasteiger partial charge is 0.275 e. The second-order valence-corrected chi connectivity index (χ2v) is 7.93. The lowest BCUT2D eigenvalue weighted by molar-refractivity contribution is -0.126. The Hall–Kier alpha value is -1.96. The molecule has 1 N–H and O–H groups in total. The van der Waals surface area contributed by atoms with Crippen LogP contribution in [0.25, 0.3) is 4.96 Å². The van der Waals surface area contributed by atoms with Crippen LogP contribution in [0.3, 0.4) is 0 Å². The standard InChI is InChI=1S/C18H27N5O2S/c1-4-6-14-11-15(24)23-17(20-14)26-18(21-23)22-9-7-13(8-10-22)16(25)19-12(3)5-2/h11-13H,4-10H2,1-3H3,(H,19,25)/t12-/m0/s1. The average Bonchev–Trinajstić information content (AvgIpc) is 3.06. The fraction of sp³-hybridized carbons (Fsp3) is 0.667. The summed E-state index contributed by atoms with van der Waals surface area (Å²) in [5.74, 6) is 0.219. The van der Waals surface area contributed by atoms with Gasteiger partial charge in [0.2, 0.25) is 16.0 Å². The second-order valence-electron chi connectivity index (χ2n) is 6.99. The van der Waals surface area contributed by atoms with Gasteiger partial charge in [-0.3, -0.25) is 9.59 Å². The molecule has 7 nitrogen and oxygen atoms in total. The SMILES string of the molecule is CCCc1cc(=O)n2nc(N3CCC(C(=O)N[C@@H](C)CC)CC3)sc2n1. The summed E-state index contributed by atoms with van der Waals surface area (Å²) in [7, 11) is 0. The summed E-state index contributed by atoms with van der Waals surface area (Å²) in [6, 6.07) is 1.80. The van der Waals surface area contributed by atoms with Crippen LogP contribution in [-0.2, 0) is 11.2 Å². The van der Waals surface area contributed by atoms with E-state index in [0.717, 1.165) is 56.0 Å². The molecule has 1 aliphatic rings. The van der Waals surface area contributed by atoms with Crippen LogP contribution in [0.2, 0.25) is 0 Å². The number of aromatic nitrogens is 3. The van der Waals surface area contributed by atoms with E-state index in [1.807, 2.05) is 6.92 Å². The normalized spacial score (nSPS) is 16.8. The van der Waals surface area contributed by atoms with E-state index < -0.39 is 0 Å². The summed E-state index contributed by atoms with van der Waals surface area (Å²) in [6.07, 6.45) is 4.32. The van der Waals surface area contributed by atoms with Crippen molar-refractivity contribution >= 4 is 27.3 Å². The minimum Gasteiger partial charge on any atom is -0.353 e. The maximum absolute atomic E-state index is 12.3. The van der Waals surface area contributed by atoms with Crippen LogP contribution in [0.5, 0.6) is 0 Å². The third kappa shape index (κ3) is 4.06. The molecule has 26 heavy (non-hydrogen) atoms. The van der Waals surface area contributed by atoms with Crippen molar-refractivity contribution in [1.82, 2.24) is 19.9 Å². The van der Waals surface area contributed by atoms with Gasteiger partial charge >= 0.3 is 0 Å². The molecule has 1 atom stereocenters. The number of amides is 1. The number of nitrogens with one attached hydrogen (secondary N) is 1. The highest BCUT2D eigenvalue weighted by Crippen LogP contribution is 2.27. The Balaban J connectivity index is 1.68. The Labute approximate surface area is 157 Å². The molecule has 0 spiro atoms. The first-order valence-electron chi connectivity index (χ1n) is 9.47. The molecular formula is C18H27N5O2S. The fourth-order valence-corrected chi connectivity index (χ4v) is 4.13. The quantitative estimate of drug-likeness (QED) is 0.835. The average molecular weight is 378 g/mol. The molecule has 8 heteroatoms. The van der Waals surface area contributed by atoms with E-state index in [4.69, 9.17) is 0 Å². The van der Waals surface area contributed by atoms with Crippen molar-refractivity contribution in [3.05, 3.63) is 22.1 Å². The van der Waals surface area contributed by atoms with Crippen molar-refractivity contribution < 1.29 is 4.79 Å². The lowest BCUT2D eigenvalue weighted by atomic mass is 9.96. The number of anilines is 1. The Kier molecular flexibility index (Phi) is 5.90. The zero-order chi connectivity index (χ0) is 18.7. The zero-order valence-corrected chi connectivity index (χ0v) is 16.5. The molecule has 0 radical (unpaired) electrons. The van der Waals surface area contributed by atoms with Gasteiger partial charge in [0.25, 0.3) is 5.56 Å². The summed E-state index contributed by atoms with van der Waals surface area (Å²) in [6.45, 7) is 7.72. The van der Waals surface area contributed by atoms with E-state index in [9.17, 15) is 9.59 Å². The maximum atomic E-state index is 12.3. The number of hydrogen-bond acceptors (Lipinski definition) is 6. The van der Waals surface area contributed by atoms with Crippen LogP contribution in [-0.4, -0.2) is 39.6 Å². The summed E-state index contributed by atoms with van der Waals surface area (Å²) < 4.78 is 1.39. The Bertz CT molecular complexity index is 823. The first-order valence-corrected chi connectivity index (χ1v) is 10.3. The van der Waals surface area contributed by atoms with E-state index in [0.29, 0.717) is 4.96 Å². The highest BCUT2D eigenvalue weighted by atomic mass is 32.1. The van der Waals surface area contributed by atoms with E-state index in [1.165, 1.54) is 15.9 Å². The second kappa shape index (κ2) is 8.16. The van der Waals surface area contributed by atoms with Gasteiger partial charge in [0, 0.05) is 36.8 Å². The lowest BCUT2D eigenvalue weighted by Gasteiger charge is -2.31. The van der Waals surface area contributed by atoms with Crippen LogP contribution in [0.15, 0.2) is 10.9 Å². The molecule has 0 unspecified atom stereocenters. The topological polar surface area (TPSA) is 79.6 Å². The summed E-state index contributed by atoms with van der Waals surface area (Å²) >= 11 is 1.45. The van der Waals surface area contributed by atoms with Gasteiger partial charge in [0.1, 0.15) is 0 Å². The minimum absolute atomic E-state index is 0.0617. The molecule has 0 aliphatic carbocycles. The first kappa shape index (κ1) is 18.8. The number of carbonyl (C=O) groups is 1. The zero-order valence-electron chi connectivity index (χ0n) is 15.7. The number of aryl methyl sites for hydroxylation is 1. The molecule has 2 aromatic heterocycles. The van der Waals surface area contributed by atoms with Crippen LogP contribution in [0.1, 0.15) is 52.1 Å². The fourth-order valence-electron chi connectivity index (χ4n) is 3.15. The number of hydrogen-bond donors (Lipinski definition) is 1. The summed E-state index contributed by atoms with van der Waals surface area (Å²) in [4.78, 5) is 31.9. The number of rotatable bonds is 6. The molecule has 1 saturated heterocycles. The van der Waals surface area contributed by atoms with Crippen LogP contribution in [0, 0.1) is 5.92 Å². The van der Waals surface area contributed by atoms with Crippen molar-refractivity contribution in [2.24, 2.45) is 5.92 Å². The van der Waals surface area contributed by atoms with Gasteiger partial charge in [0.05, 0.1) is 0 Å². The van der Waals surface area contributed by atoms with E-state index in [2.05, 4.69) is 34.1 Å². The van der Waals surface area contributed by atoms with Gasteiger partial charge in [-0.15, -0.1) is 5.10 Å². The number of nitrogens with zero attached hydrogens (tertiary/aromatic N) is 4. The first-order chi connectivity index (χ1) is 12.5. The molecule has 1 fully saturated rings. The largest absolute Gasteiger partial charge is 0.353 e. The van der Waals surface area contributed by atoms with Crippen molar-refractivity contribution in [2.45, 2.75) is 58.9 Å². The molecule has 142 valence electrons. The van der Waals surface area contributed by atoms with Gasteiger partial charge in [-0.2, -0.15) is 4.52 Å². The van der Waals surface area contributed by atoms with Gasteiger partial charge in [-0.25, -0.2) is 4.98 Å². The molecule has 0 bridgehead atoms. The van der Waals surface area contributed by atoms with Crippen LogP contribution in [0.4, 0.5) is 5.13 Å². The van der Waals surface area contributed by atoms with Gasteiger partial charge in [-0.1, -0.05) is 31.6 Å². The number of fused-ring (bicyclic) bond motifs is 1. The summed E-state index contributed by atoms with van der Waals surface area (Å²) in [5.41, 5.74) is 0.705. The highest BCUT2D eigenvalue weighted by molar-refractivity contribution is 7.20. The van der Waals surface area contributed by atoms with E-state index >= 15 is 0 Å². The summed E-state index contributed by atoms with van der Waals surface area (Å²) in [5, 5.41) is 8.34. The monoisotopic (exact) mass is 377 g/mol. The van der Waals surface area contributed by atoms with Crippen molar-refractivity contribution in [1.29, 1.82) is 0 Å². The van der Waals surface area contributed by atoms with E-state index in [1.54, 1.807) is 6.07 Å². The number of piperidine rings is 1. The van der Waals surface area contributed by atoms with Crippen LogP contribution >= 0.6 is 11.3 Å². The molecule has 3 rings (SSSR count). The molecule has 0 aromatic carbocycles. The Morgan fingerprint density at radius 2 is 2.12 bits per heavy atom. The van der Waals surface area contributed by atoms with Crippen molar-refractivity contribution in [3.63, 3.8) is 0 Å². The van der Waals surface area contributed by atoms with Crippen molar-refractivity contribution in [2.75, 3.05) is 18.0 Å². The third-order valence-corrected chi connectivity index (χ3v) is 5.90. The van der Waals surface area contributed by atoms with Crippen LogP contribution < -0.4 is 15.8 Å². The Morgan fingerprint density at radius 3 is 2.77 bits per heavy atom. The number of carbonyl (C=O) groups excluding carboxylic acids is 1. The predicted molar refractivity (Wildman–Crippen MR) is 104 cm³/mol. The predicted octanol–water partition coefficient (Wildman–Crippen LogP) is 2.23. The molecule has 1 amide bonds. The third-order valence-electron chi connectivity index (χ3n) is 4.93. The molecule has 2 aromatic rings. The molecular weight excluding hydrogens is 350 g/mol. The molecule has 1 aliphatic heterocycles. The van der Waals surface area contributed by atoms with E-state index in [-0.39, 0.29) is 23.4 Å². The minimum atomic E-state index is -0.122. The van der Waals surface area contributed by atoms with Gasteiger partial charge < -0.3 is 10.2 Å². The lowest BCUT2D eigenvalue weighted by Crippen LogP contribution is -2.43. The highest BCUT2D eigenvalue weighted by Gasteiger charge is 2.27. The maximum Gasteiger partial charge on any atom is 0.275 e. The molecule has 3 heterocycles.